The molecule has 0 heterocycles. The summed E-state index contributed by atoms with van der Waals surface area (Å²) in [5.74, 6) is 0. The Bertz CT molecular complexity index is 796. The molecule has 2 aromatic carbocycles. The zero-order valence-corrected chi connectivity index (χ0v) is 19.7. The molecule has 4 amide bonds. The highest BCUT2D eigenvalue weighted by Gasteiger charge is 2.17. The Hall–Kier alpha value is -3.02. The molecule has 2 N–H and O–H groups in total. The molecule has 6 heteroatoms. The highest BCUT2D eigenvalue weighted by Crippen LogP contribution is 2.21. The Labute approximate surface area is 186 Å². The van der Waals surface area contributed by atoms with Gasteiger partial charge in [-0.05, 0) is 70.2 Å². The van der Waals surface area contributed by atoms with Crippen molar-refractivity contribution in [2.45, 2.75) is 48.0 Å². The summed E-state index contributed by atoms with van der Waals surface area (Å²) in [6.45, 7) is 14.3. The first-order valence-electron chi connectivity index (χ1n) is 11.0. The minimum atomic E-state index is -0.108. The van der Waals surface area contributed by atoms with Crippen LogP contribution in [-0.4, -0.2) is 48.0 Å². The summed E-state index contributed by atoms with van der Waals surface area (Å²) < 4.78 is 0. The number of nitrogens with one attached hydrogen (secondary N) is 2. The van der Waals surface area contributed by atoms with Gasteiger partial charge in [-0.25, -0.2) is 9.59 Å². The van der Waals surface area contributed by atoms with E-state index in [1.807, 2.05) is 77.9 Å². The van der Waals surface area contributed by atoms with Crippen molar-refractivity contribution in [3.05, 3.63) is 58.7 Å². The zero-order chi connectivity index (χ0) is 23.0. The van der Waals surface area contributed by atoms with Crippen LogP contribution in [-0.2, 0) is 0 Å². The molecule has 6 nitrogen and oxygen atoms in total. The summed E-state index contributed by atoms with van der Waals surface area (Å²) in [4.78, 5) is 29.1. The van der Waals surface area contributed by atoms with Gasteiger partial charge in [-0.2, -0.15) is 0 Å². The van der Waals surface area contributed by atoms with Gasteiger partial charge in [0.15, 0.2) is 0 Å². The van der Waals surface area contributed by atoms with Crippen LogP contribution in [0, 0.1) is 27.7 Å². The molecule has 0 aliphatic rings. The van der Waals surface area contributed by atoms with Crippen molar-refractivity contribution in [2.24, 2.45) is 0 Å². The van der Waals surface area contributed by atoms with E-state index < -0.39 is 0 Å². The second-order valence-corrected chi connectivity index (χ2v) is 7.91. The molecule has 0 radical (unpaired) electrons. The minimum absolute atomic E-state index is 0.108. The van der Waals surface area contributed by atoms with Gasteiger partial charge >= 0.3 is 12.1 Å². The molecule has 0 atom stereocenters. The van der Waals surface area contributed by atoms with Gasteiger partial charge in [0.2, 0.25) is 0 Å². The van der Waals surface area contributed by atoms with Crippen molar-refractivity contribution >= 4 is 23.4 Å². The molecule has 0 unspecified atom stereocenters. The maximum Gasteiger partial charge on any atom is 0.321 e. The molecular formula is C25H36N4O2. The van der Waals surface area contributed by atoms with E-state index in [2.05, 4.69) is 10.6 Å². The number of carbonyl (C=O) groups excluding carboxylic acids is 2. The molecule has 0 fully saturated rings. The Morgan fingerprint density at radius 3 is 1.29 bits per heavy atom. The molecule has 0 aromatic heterocycles. The van der Waals surface area contributed by atoms with Crippen LogP contribution in [0.3, 0.4) is 0 Å². The number of para-hydroxylation sites is 2. The number of benzene rings is 2. The highest BCUT2D eigenvalue weighted by atomic mass is 16.2. The fraction of sp³-hybridized carbons (Fsp3) is 0.440. The number of rotatable bonds is 8. The van der Waals surface area contributed by atoms with E-state index in [4.69, 9.17) is 0 Å². The molecular weight excluding hydrogens is 388 g/mol. The van der Waals surface area contributed by atoms with Gasteiger partial charge in [-0.3, -0.25) is 0 Å². The third-order valence-electron chi connectivity index (χ3n) is 5.62. The smallest absolute Gasteiger partial charge is 0.321 e. The van der Waals surface area contributed by atoms with Crippen LogP contribution in [0.1, 0.15) is 42.5 Å². The van der Waals surface area contributed by atoms with E-state index >= 15 is 0 Å². The monoisotopic (exact) mass is 424 g/mol. The fourth-order valence-electron chi connectivity index (χ4n) is 3.65. The number of nitrogens with zero attached hydrogens (tertiary/aromatic N) is 2. The van der Waals surface area contributed by atoms with E-state index in [0.29, 0.717) is 32.6 Å². The molecule has 0 saturated carbocycles. The van der Waals surface area contributed by atoms with Crippen molar-refractivity contribution in [2.75, 3.05) is 36.8 Å². The lowest BCUT2D eigenvalue weighted by molar-refractivity contribution is 0.202. The van der Waals surface area contributed by atoms with Gasteiger partial charge in [-0.1, -0.05) is 36.4 Å². The number of urea groups is 2. The number of hydrogen-bond acceptors (Lipinski definition) is 2. The lowest BCUT2D eigenvalue weighted by Gasteiger charge is -2.26. The first-order chi connectivity index (χ1) is 14.8. The number of hydrogen-bond donors (Lipinski definition) is 2. The van der Waals surface area contributed by atoms with Crippen LogP contribution >= 0.6 is 0 Å². The summed E-state index contributed by atoms with van der Waals surface area (Å²) in [5, 5.41) is 6.09. The van der Waals surface area contributed by atoms with Crippen molar-refractivity contribution in [3.63, 3.8) is 0 Å². The summed E-state index contributed by atoms with van der Waals surface area (Å²) in [6, 6.07) is 11.7. The van der Waals surface area contributed by atoms with Crippen molar-refractivity contribution in [3.8, 4) is 0 Å². The third-order valence-corrected chi connectivity index (χ3v) is 5.62. The van der Waals surface area contributed by atoms with Crippen LogP contribution in [0.2, 0.25) is 0 Å². The molecule has 0 saturated heterocycles. The SMILES string of the molecule is CCN(CCCN(CC)C(=O)Nc1c(C)cccc1C)C(=O)Nc1c(C)cccc1C. The summed E-state index contributed by atoms with van der Waals surface area (Å²) >= 11 is 0. The van der Waals surface area contributed by atoms with Gasteiger partial charge < -0.3 is 20.4 Å². The summed E-state index contributed by atoms with van der Waals surface area (Å²) in [7, 11) is 0. The van der Waals surface area contributed by atoms with Crippen molar-refractivity contribution < 1.29 is 9.59 Å². The number of amides is 4. The Morgan fingerprint density at radius 1 is 0.677 bits per heavy atom. The van der Waals surface area contributed by atoms with E-state index in [1.54, 1.807) is 9.80 Å². The first-order valence-corrected chi connectivity index (χ1v) is 11.0. The number of anilines is 2. The standard InChI is InChI=1S/C25H36N4O2/c1-7-28(24(30)26-22-18(3)12-9-13-19(22)4)16-11-17-29(8-2)25(31)27-23-20(5)14-10-15-21(23)6/h9-10,12-15H,7-8,11,16-17H2,1-6H3,(H,26,30)(H,27,31). The van der Waals surface area contributed by atoms with Gasteiger partial charge in [0, 0.05) is 37.6 Å². The average molecular weight is 425 g/mol. The van der Waals surface area contributed by atoms with Gasteiger partial charge in [0.05, 0.1) is 0 Å². The molecule has 0 aliphatic carbocycles. The predicted octanol–water partition coefficient (Wildman–Crippen LogP) is 5.72. The van der Waals surface area contributed by atoms with E-state index in [0.717, 1.165) is 33.6 Å². The van der Waals surface area contributed by atoms with Gasteiger partial charge in [-0.15, -0.1) is 0 Å². The third kappa shape index (κ3) is 6.48. The number of aryl methyl sites for hydroxylation is 4. The lowest BCUT2D eigenvalue weighted by Crippen LogP contribution is -2.40. The Balaban J connectivity index is 1.92. The quantitative estimate of drug-likeness (QED) is 0.569. The van der Waals surface area contributed by atoms with Crippen molar-refractivity contribution in [1.82, 2.24) is 9.80 Å². The summed E-state index contributed by atoms with van der Waals surface area (Å²) in [6.07, 6.45) is 0.710. The Kier molecular flexibility index (Phi) is 8.91. The highest BCUT2D eigenvalue weighted by molar-refractivity contribution is 5.91. The van der Waals surface area contributed by atoms with Gasteiger partial charge in [0.25, 0.3) is 0 Å². The van der Waals surface area contributed by atoms with Crippen LogP contribution in [0.15, 0.2) is 36.4 Å². The van der Waals surface area contributed by atoms with Gasteiger partial charge in [0.1, 0.15) is 0 Å². The van der Waals surface area contributed by atoms with E-state index in [-0.39, 0.29) is 12.1 Å². The topological polar surface area (TPSA) is 64.7 Å². The van der Waals surface area contributed by atoms with Crippen LogP contribution in [0.25, 0.3) is 0 Å². The molecule has 168 valence electrons. The van der Waals surface area contributed by atoms with Crippen LogP contribution in [0.4, 0.5) is 21.0 Å². The van der Waals surface area contributed by atoms with Crippen LogP contribution < -0.4 is 10.6 Å². The fourth-order valence-corrected chi connectivity index (χ4v) is 3.65. The lowest BCUT2D eigenvalue weighted by atomic mass is 10.1. The second-order valence-electron chi connectivity index (χ2n) is 7.91. The van der Waals surface area contributed by atoms with Crippen molar-refractivity contribution in [1.29, 1.82) is 0 Å². The molecule has 2 rings (SSSR count). The second kappa shape index (κ2) is 11.4. The first kappa shape index (κ1) is 24.3. The largest absolute Gasteiger partial charge is 0.325 e. The zero-order valence-electron chi connectivity index (χ0n) is 19.7. The maximum atomic E-state index is 12.8. The van der Waals surface area contributed by atoms with E-state index in [1.165, 1.54) is 0 Å². The van der Waals surface area contributed by atoms with Crippen LogP contribution in [0.5, 0.6) is 0 Å². The Morgan fingerprint density at radius 2 is 1.00 bits per heavy atom. The predicted molar refractivity (Wildman–Crippen MR) is 129 cm³/mol. The minimum Gasteiger partial charge on any atom is -0.325 e. The molecule has 31 heavy (non-hydrogen) atoms. The molecule has 0 aliphatic heterocycles. The normalized spacial score (nSPS) is 10.5. The average Bonchev–Trinajstić information content (AvgIpc) is 2.73. The van der Waals surface area contributed by atoms with E-state index in [9.17, 15) is 9.59 Å². The summed E-state index contributed by atoms with van der Waals surface area (Å²) in [5.41, 5.74) is 5.92. The molecule has 0 spiro atoms. The molecule has 0 bridgehead atoms. The maximum absolute atomic E-state index is 12.8. The number of carbonyl (C=O) groups is 2. The molecule has 2 aromatic rings.